The number of esters is 1. The van der Waals surface area contributed by atoms with Crippen molar-refractivity contribution in [1.82, 2.24) is 14.8 Å². The summed E-state index contributed by atoms with van der Waals surface area (Å²) in [4.78, 5) is 55.2. The van der Waals surface area contributed by atoms with Crippen LogP contribution in [0.4, 0.5) is 14.9 Å². The van der Waals surface area contributed by atoms with E-state index < -0.39 is 69.4 Å². The third-order valence-electron chi connectivity index (χ3n) is 8.11. The molecule has 2 saturated heterocycles. The Labute approximate surface area is 261 Å². The lowest BCUT2D eigenvalue weighted by Gasteiger charge is -2.37. The van der Waals surface area contributed by atoms with Crippen LogP contribution in [-0.4, -0.2) is 78.0 Å². The summed E-state index contributed by atoms with van der Waals surface area (Å²) in [5, 5.41) is 2.07. The zero-order valence-electron chi connectivity index (χ0n) is 25.4. The van der Waals surface area contributed by atoms with E-state index in [0.717, 1.165) is 31.7 Å². The van der Waals surface area contributed by atoms with Crippen LogP contribution in [0.15, 0.2) is 17.1 Å². The quantitative estimate of drug-likeness (QED) is 0.300. The molecule has 242 valence electrons. The van der Waals surface area contributed by atoms with Gasteiger partial charge < -0.3 is 33.9 Å². The van der Waals surface area contributed by atoms with Gasteiger partial charge in [-0.2, -0.15) is 0 Å². The molecule has 3 fully saturated rings. The molecule has 13 nitrogen and oxygen atoms in total. The van der Waals surface area contributed by atoms with Crippen LogP contribution >= 0.6 is 16.9 Å². The first kappa shape index (κ1) is 32.8. The average molecular weight is 665 g/mol. The molecule has 0 unspecified atom stereocenters. The molecule has 3 heterocycles. The highest BCUT2D eigenvalue weighted by Gasteiger charge is 2.44. The average Bonchev–Trinajstić information content (AvgIpc) is 3.75. The van der Waals surface area contributed by atoms with E-state index in [0.29, 0.717) is 25.2 Å². The number of rotatable bonds is 9. The standard InChI is InChI=1S/C29H35FN4O9P2/c1-29(2,3)43-28(38)33-9-5-6-15-11-32(13-20(15)33)23-19(30)10-17-22(25(23)41-4)34(16-7-8-16)12-18(24(17)36)26(37)42-14-21(35)31-27(44-39)45-40/h10,12,15-16,20,27H,5-9,11,13-14H2,1-4H3,(H,31,35)/t15-,20+/m0/s1. The lowest BCUT2D eigenvalue weighted by molar-refractivity contribution is -0.124. The monoisotopic (exact) mass is 664 g/mol. The topological polar surface area (TPSA) is 154 Å². The number of pyridine rings is 1. The number of aromatic nitrogens is 1. The van der Waals surface area contributed by atoms with Crippen molar-refractivity contribution in [2.24, 2.45) is 5.92 Å². The van der Waals surface area contributed by atoms with E-state index in [-0.39, 0.29) is 34.8 Å². The van der Waals surface area contributed by atoms with Crippen LogP contribution in [0.2, 0.25) is 0 Å². The molecule has 1 aromatic heterocycles. The fourth-order valence-electron chi connectivity index (χ4n) is 6.09. The number of anilines is 1. The molecule has 2 atom stereocenters. The molecule has 1 saturated carbocycles. The van der Waals surface area contributed by atoms with Gasteiger partial charge in [0.05, 0.1) is 24.1 Å². The van der Waals surface area contributed by atoms with Crippen molar-refractivity contribution in [3.05, 3.63) is 33.9 Å². The van der Waals surface area contributed by atoms with E-state index in [2.05, 4.69) is 5.32 Å². The normalized spacial score (nSPS) is 20.6. The predicted molar refractivity (Wildman–Crippen MR) is 162 cm³/mol. The van der Waals surface area contributed by atoms with E-state index in [9.17, 15) is 28.3 Å². The van der Waals surface area contributed by atoms with Crippen molar-refractivity contribution in [1.29, 1.82) is 0 Å². The number of ether oxygens (including phenoxy) is 3. The zero-order valence-corrected chi connectivity index (χ0v) is 27.2. The fraction of sp³-hybridized carbons (Fsp3) is 0.586. The Balaban J connectivity index is 1.48. The summed E-state index contributed by atoms with van der Waals surface area (Å²) in [6.45, 7) is 5.99. The summed E-state index contributed by atoms with van der Waals surface area (Å²) in [6, 6.07) is 0.827. The van der Waals surface area contributed by atoms with Gasteiger partial charge in [0.25, 0.3) is 5.91 Å². The molecule has 0 radical (unpaired) electrons. The molecule has 2 aliphatic heterocycles. The van der Waals surface area contributed by atoms with Crippen molar-refractivity contribution in [2.45, 2.75) is 69.7 Å². The molecular formula is C29H35FN4O9P2. The minimum atomic E-state index is -1.20. The summed E-state index contributed by atoms with van der Waals surface area (Å²) in [7, 11) is 0.210. The Hall–Kier alpha value is -3.63. The molecule has 2 amide bonds. The van der Waals surface area contributed by atoms with Gasteiger partial charge in [0.15, 0.2) is 40.6 Å². The largest absolute Gasteiger partial charge is 0.492 e. The van der Waals surface area contributed by atoms with Crippen LogP contribution in [0.1, 0.15) is 62.9 Å². The smallest absolute Gasteiger partial charge is 0.410 e. The molecule has 45 heavy (non-hydrogen) atoms. The van der Waals surface area contributed by atoms with E-state index in [1.807, 2.05) is 25.7 Å². The Bertz CT molecular complexity index is 1600. The summed E-state index contributed by atoms with van der Waals surface area (Å²) in [5.41, 5.74) is -2.53. The summed E-state index contributed by atoms with van der Waals surface area (Å²) in [6.07, 6.45) is 4.11. The molecule has 16 heteroatoms. The van der Waals surface area contributed by atoms with Crippen molar-refractivity contribution >= 4 is 51.5 Å². The Morgan fingerprint density at radius 1 is 1.13 bits per heavy atom. The zero-order chi connectivity index (χ0) is 32.6. The Morgan fingerprint density at radius 3 is 2.47 bits per heavy atom. The number of hydrogen-bond acceptors (Lipinski definition) is 10. The van der Waals surface area contributed by atoms with Crippen LogP contribution in [0.25, 0.3) is 10.9 Å². The lowest BCUT2D eigenvalue weighted by Crippen LogP contribution is -2.50. The van der Waals surface area contributed by atoms with Gasteiger partial charge in [-0.1, -0.05) is 0 Å². The van der Waals surface area contributed by atoms with Gasteiger partial charge in [-0.25, -0.2) is 14.0 Å². The summed E-state index contributed by atoms with van der Waals surface area (Å²) >= 11 is 0. The number of benzene rings is 1. The maximum Gasteiger partial charge on any atom is 0.410 e. The molecular weight excluding hydrogens is 629 g/mol. The lowest BCUT2D eigenvalue weighted by atomic mass is 9.92. The maximum atomic E-state index is 16.1. The number of methoxy groups -OCH3 is 1. The first-order valence-electron chi connectivity index (χ1n) is 14.7. The molecule has 2 aromatic rings. The van der Waals surface area contributed by atoms with Crippen LogP contribution in [0, 0.1) is 11.7 Å². The number of likely N-dealkylation sites (tertiary alicyclic amines) is 1. The number of carbonyl (C=O) groups is 3. The summed E-state index contributed by atoms with van der Waals surface area (Å²) < 4.78 is 56.1. The second-order valence-electron chi connectivity index (χ2n) is 12.4. The number of nitrogens with one attached hydrogen (secondary N) is 1. The third-order valence-corrected chi connectivity index (χ3v) is 9.33. The van der Waals surface area contributed by atoms with E-state index in [1.165, 1.54) is 13.3 Å². The number of amides is 2. The second-order valence-corrected chi connectivity index (χ2v) is 14.3. The molecule has 0 bridgehead atoms. The number of halogens is 1. The van der Waals surface area contributed by atoms with Crippen LogP contribution in [0.3, 0.4) is 0 Å². The van der Waals surface area contributed by atoms with Crippen molar-refractivity contribution in [3.63, 3.8) is 0 Å². The third kappa shape index (κ3) is 6.82. The molecule has 3 aliphatic rings. The Kier molecular flexibility index (Phi) is 9.46. The Morgan fingerprint density at radius 2 is 1.84 bits per heavy atom. The van der Waals surface area contributed by atoms with Gasteiger partial charge >= 0.3 is 12.1 Å². The van der Waals surface area contributed by atoms with E-state index >= 15 is 4.39 Å². The first-order chi connectivity index (χ1) is 21.4. The second kappa shape index (κ2) is 13.0. The molecule has 1 N–H and O–H groups in total. The predicted octanol–water partition coefficient (Wildman–Crippen LogP) is 4.46. The summed E-state index contributed by atoms with van der Waals surface area (Å²) in [5.74, 6) is -2.45. The molecule has 0 spiro atoms. The van der Waals surface area contributed by atoms with Crippen molar-refractivity contribution < 1.29 is 42.1 Å². The number of fused-ring (bicyclic) bond motifs is 2. The van der Waals surface area contributed by atoms with Crippen LogP contribution < -0.4 is 20.4 Å². The van der Waals surface area contributed by atoms with Gasteiger partial charge in [0, 0.05) is 31.9 Å². The number of piperidine rings is 1. The SMILES string of the molecule is COc1c(N2C[C@@H]3CCCN(C(=O)OC(C)(C)C)[C@@H]3C2)c(F)cc2c(=O)c(C(=O)OCC(=O)NC(P=O)P=O)cn(C3CC3)c12. The van der Waals surface area contributed by atoms with Crippen molar-refractivity contribution in [3.8, 4) is 5.75 Å². The highest BCUT2D eigenvalue weighted by Crippen LogP contribution is 2.45. The van der Waals surface area contributed by atoms with E-state index in [4.69, 9.17) is 14.2 Å². The molecule has 5 rings (SSSR count). The van der Waals surface area contributed by atoms with Crippen LogP contribution in [-0.2, 0) is 23.4 Å². The highest BCUT2D eigenvalue weighted by atomic mass is 31.1. The molecule has 1 aromatic carbocycles. The van der Waals surface area contributed by atoms with Gasteiger partial charge in [-0.05, 0) is 58.4 Å². The highest BCUT2D eigenvalue weighted by molar-refractivity contribution is 7.44. The van der Waals surface area contributed by atoms with Gasteiger partial charge in [-0.3, -0.25) is 18.7 Å². The maximum absolute atomic E-state index is 16.1. The minimum Gasteiger partial charge on any atom is -0.492 e. The minimum absolute atomic E-state index is 0.0770. The number of carbonyl (C=O) groups excluding carboxylic acids is 3. The van der Waals surface area contributed by atoms with Crippen LogP contribution in [0.5, 0.6) is 5.75 Å². The van der Waals surface area contributed by atoms with E-state index in [1.54, 1.807) is 9.47 Å². The number of hydrogen-bond donors (Lipinski definition) is 1. The fourth-order valence-corrected chi connectivity index (χ4v) is 6.64. The number of nitrogens with zero attached hydrogens (tertiary/aromatic N) is 3. The van der Waals surface area contributed by atoms with Gasteiger partial charge in [0.2, 0.25) is 5.43 Å². The van der Waals surface area contributed by atoms with Gasteiger partial charge in [-0.15, -0.1) is 0 Å². The van der Waals surface area contributed by atoms with Crippen molar-refractivity contribution in [2.75, 3.05) is 38.3 Å². The van der Waals surface area contributed by atoms with Gasteiger partial charge in [0.1, 0.15) is 16.9 Å². The first-order valence-corrected chi connectivity index (χ1v) is 16.4. The molecule has 1 aliphatic carbocycles.